The number of rotatable bonds is 3. The Labute approximate surface area is 302 Å². The summed E-state index contributed by atoms with van der Waals surface area (Å²) in [6.45, 7) is 22.1. The lowest BCUT2D eigenvalue weighted by atomic mass is 9.80. The van der Waals surface area contributed by atoms with Crippen molar-refractivity contribution in [2.75, 3.05) is 0 Å². The Morgan fingerprint density at radius 3 is 2.46 bits per heavy atom. The zero-order chi connectivity index (χ0) is 34.8. The number of nitrogens with zero attached hydrogens (tertiary/aromatic N) is 1. The molecule has 3 saturated heterocycles. The first-order valence-corrected chi connectivity index (χ1v) is 21.9. The van der Waals surface area contributed by atoms with E-state index in [9.17, 15) is 4.79 Å². The number of oxazole rings is 1. The van der Waals surface area contributed by atoms with Crippen molar-refractivity contribution in [2.24, 2.45) is 11.8 Å². The smallest absolute Gasteiger partial charge is 0.330 e. The SMILES string of the molecule is C=C1C[C@@H]2C[C@@H]3C[C@@H](O[Si](C)(C)C(C)(C)C)C[C@@H](O3)c3coc(n3)/C=C/C[C@H]3O[C@@H](/C(C)=C/I)[C@H](C)[C@@H](OC(=O)/C=C\C[C@@H](C1)O2)[C@H]3C. The highest BCUT2D eigenvalue weighted by molar-refractivity contribution is 14.1. The van der Waals surface area contributed by atoms with Crippen molar-refractivity contribution in [3.05, 3.63) is 57.9 Å². The zero-order valence-electron chi connectivity index (χ0n) is 30.1. The van der Waals surface area contributed by atoms with Crippen LogP contribution in [0.3, 0.4) is 0 Å². The summed E-state index contributed by atoms with van der Waals surface area (Å²) in [7, 11) is -2.02. The monoisotopic (exact) mass is 793 g/mol. The van der Waals surface area contributed by atoms with Crippen LogP contribution in [0.5, 0.6) is 0 Å². The summed E-state index contributed by atoms with van der Waals surface area (Å²) in [5.74, 6) is 0.200. The summed E-state index contributed by atoms with van der Waals surface area (Å²) in [6, 6.07) is 0. The Kier molecular flexibility index (Phi) is 12.4. The standard InChI is InChI=1S/C38H56INO7Si/c1-23-16-27-12-10-15-35(41)46-37-25(3)32(45-36(26(37)4)24(2)21-39)13-11-14-34-40-31(22-42-34)33-20-30(47-48(8,9)38(5,6)7)19-29(44-33)18-28(17-23)43-27/h10-11,14-15,21-22,25-30,32-33,36-37H,1,12-13,16-20H2,2-9H3/b14-11+,15-10-,24-21+/t25-,26-,27-,28+,29+,30+,32+,33+,36-,37-/m0/s1. The third-order valence-corrected chi connectivity index (χ3v) is 16.5. The second kappa shape index (κ2) is 15.8. The molecule has 0 N–H and O–H groups in total. The first kappa shape index (κ1) is 37.7. The van der Waals surface area contributed by atoms with Crippen LogP contribution in [0.2, 0.25) is 18.1 Å². The highest BCUT2D eigenvalue weighted by Gasteiger charge is 2.45. The molecule has 0 radical (unpaired) electrons. The largest absolute Gasteiger partial charge is 0.458 e. The van der Waals surface area contributed by atoms with Gasteiger partial charge in [0.05, 0.1) is 36.6 Å². The van der Waals surface area contributed by atoms with Gasteiger partial charge in [-0.3, -0.25) is 0 Å². The number of hydrogen-bond acceptors (Lipinski definition) is 8. The summed E-state index contributed by atoms with van der Waals surface area (Å²) in [6.07, 6.45) is 13.3. The van der Waals surface area contributed by atoms with E-state index in [1.54, 1.807) is 12.3 Å². The minimum absolute atomic E-state index is 0.00839. The number of hydrogen-bond donors (Lipinski definition) is 0. The van der Waals surface area contributed by atoms with Gasteiger partial charge in [0.15, 0.2) is 8.32 Å². The number of carbonyl (C=O) groups is 1. The van der Waals surface area contributed by atoms with E-state index in [1.807, 2.05) is 22.3 Å². The van der Waals surface area contributed by atoms with Gasteiger partial charge in [0, 0.05) is 30.8 Å². The van der Waals surface area contributed by atoms with Crippen LogP contribution in [0.25, 0.3) is 6.08 Å². The molecule has 4 aliphatic rings. The van der Waals surface area contributed by atoms with Gasteiger partial charge in [-0.05, 0) is 72.9 Å². The second-order valence-corrected chi connectivity index (χ2v) is 21.3. The Morgan fingerprint density at radius 2 is 1.73 bits per heavy atom. The lowest BCUT2D eigenvalue weighted by Gasteiger charge is -2.44. The molecule has 0 aromatic carbocycles. The van der Waals surface area contributed by atoms with E-state index < -0.39 is 8.32 Å². The van der Waals surface area contributed by atoms with Crippen LogP contribution in [0.4, 0.5) is 0 Å². The van der Waals surface area contributed by atoms with E-state index in [-0.39, 0.29) is 71.7 Å². The molecule has 1 aromatic heterocycles. The van der Waals surface area contributed by atoms with Gasteiger partial charge in [-0.2, -0.15) is 0 Å². The third-order valence-electron chi connectivity index (χ3n) is 11.0. The van der Waals surface area contributed by atoms with Crippen molar-refractivity contribution in [3.63, 3.8) is 0 Å². The molecule has 0 spiro atoms. The summed E-state index contributed by atoms with van der Waals surface area (Å²) >= 11 is 2.25. The maximum Gasteiger partial charge on any atom is 0.330 e. The van der Waals surface area contributed by atoms with Gasteiger partial charge in [-0.1, -0.05) is 81.5 Å². The molecule has 0 saturated carbocycles. The van der Waals surface area contributed by atoms with E-state index in [1.165, 1.54) is 5.57 Å². The summed E-state index contributed by atoms with van der Waals surface area (Å²) in [5.41, 5.74) is 3.08. The van der Waals surface area contributed by atoms with Crippen molar-refractivity contribution in [1.29, 1.82) is 0 Å². The molecule has 10 atom stereocenters. The van der Waals surface area contributed by atoms with E-state index in [0.29, 0.717) is 18.7 Å². The minimum Gasteiger partial charge on any atom is -0.458 e. The maximum absolute atomic E-state index is 13.2. The van der Waals surface area contributed by atoms with Crippen LogP contribution in [-0.2, 0) is 28.2 Å². The lowest BCUT2D eigenvalue weighted by molar-refractivity contribution is -0.180. The molecule has 48 heavy (non-hydrogen) atoms. The van der Waals surface area contributed by atoms with Crippen molar-refractivity contribution in [3.8, 4) is 0 Å². The van der Waals surface area contributed by atoms with Gasteiger partial charge in [-0.25, -0.2) is 9.78 Å². The summed E-state index contributed by atoms with van der Waals surface area (Å²) in [4.78, 5) is 18.0. The fourth-order valence-electron chi connectivity index (χ4n) is 7.36. The van der Waals surface area contributed by atoms with Crippen molar-refractivity contribution >= 4 is 43.0 Å². The predicted octanol–water partition coefficient (Wildman–Crippen LogP) is 9.43. The number of fused-ring (bicyclic) bond motifs is 9. The van der Waals surface area contributed by atoms with Gasteiger partial charge in [0.2, 0.25) is 5.89 Å². The first-order chi connectivity index (χ1) is 22.6. The van der Waals surface area contributed by atoms with Gasteiger partial charge in [0.1, 0.15) is 24.2 Å². The molecule has 10 heteroatoms. The van der Waals surface area contributed by atoms with E-state index >= 15 is 0 Å². The molecule has 8 bridgehead atoms. The molecule has 5 rings (SSSR count). The lowest BCUT2D eigenvalue weighted by Crippen LogP contribution is -2.50. The van der Waals surface area contributed by atoms with Crippen LogP contribution in [0, 0.1) is 11.8 Å². The molecular weight excluding hydrogens is 737 g/mol. The van der Waals surface area contributed by atoms with E-state index in [2.05, 4.69) is 83.8 Å². The number of ether oxygens (including phenoxy) is 4. The van der Waals surface area contributed by atoms with Crippen LogP contribution in [0.1, 0.15) is 104 Å². The average Bonchev–Trinajstić information content (AvgIpc) is 3.47. The predicted molar refractivity (Wildman–Crippen MR) is 199 cm³/mol. The number of carbonyl (C=O) groups excluding carboxylic acids is 1. The topological polar surface area (TPSA) is 89.3 Å². The van der Waals surface area contributed by atoms with E-state index in [0.717, 1.165) is 43.4 Å². The van der Waals surface area contributed by atoms with Crippen molar-refractivity contribution in [1.82, 2.24) is 4.98 Å². The van der Waals surface area contributed by atoms with Crippen LogP contribution in [0.15, 0.2) is 50.7 Å². The second-order valence-electron chi connectivity index (χ2n) is 15.9. The Hall–Kier alpha value is -1.57. The van der Waals surface area contributed by atoms with Crippen LogP contribution < -0.4 is 0 Å². The van der Waals surface area contributed by atoms with E-state index in [4.69, 9.17) is 32.8 Å². The van der Waals surface area contributed by atoms with Gasteiger partial charge < -0.3 is 27.8 Å². The molecule has 0 unspecified atom stereocenters. The quantitative estimate of drug-likeness (QED) is 0.130. The van der Waals surface area contributed by atoms with Gasteiger partial charge in [0.25, 0.3) is 0 Å². The maximum atomic E-state index is 13.2. The molecule has 0 aliphatic carbocycles. The highest BCUT2D eigenvalue weighted by Crippen LogP contribution is 2.43. The fraction of sp³-hybridized carbons (Fsp3) is 0.684. The normalized spacial score (nSPS) is 37.2. The van der Waals surface area contributed by atoms with Crippen LogP contribution in [-0.4, -0.2) is 62.0 Å². The van der Waals surface area contributed by atoms with Crippen LogP contribution >= 0.6 is 22.6 Å². The van der Waals surface area contributed by atoms with Crippen molar-refractivity contribution < 1.29 is 32.6 Å². The molecular formula is C38H56INO7Si. The van der Waals surface area contributed by atoms with Crippen molar-refractivity contribution in [2.45, 2.75) is 153 Å². The molecule has 8 nitrogen and oxygen atoms in total. The highest BCUT2D eigenvalue weighted by atomic mass is 127. The number of halogens is 1. The van der Waals surface area contributed by atoms with Gasteiger partial charge >= 0.3 is 5.97 Å². The number of aromatic nitrogens is 1. The molecule has 3 fully saturated rings. The third kappa shape index (κ3) is 9.20. The average molecular weight is 794 g/mol. The Morgan fingerprint density at radius 1 is 1.00 bits per heavy atom. The molecule has 0 amide bonds. The summed E-state index contributed by atoms with van der Waals surface area (Å²) < 4.78 is 41.1. The fourth-order valence-corrected chi connectivity index (χ4v) is 9.09. The number of esters is 1. The Balaban J connectivity index is 1.44. The molecule has 5 heterocycles. The van der Waals surface area contributed by atoms with Gasteiger partial charge in [-0.15, -0.1) is 0 Å². The first-order valence-electron chi connectivity index (χ1n) is 17.7. The Bertz CT molecular complexity index is 1380. The molecule has 1 aromatic rings. The minimum atomic E-state index is -2.02. The molecule has 266 valence electrons. The zero-order valence-corrected chi connectivity index (χ0v) is 33.2. The molecule has 4 aliphatic heterocycles. The summed E-state index contributed by atoms with van der Waals surface area (Å²) in [5, 5.41) is 0.101.